The van der Waals surface area contributed by atoms with Gasteiger partial charge in [-0.25, -0.2) is 19.2 Å². The summed E-state index contributed by atoms with van der Waals surface area (Å²) in [5.74, 6) is -1.03. The Balaban J connectivity index is 1.57. The van der Waals surface area contributed by atoms with E-state index in [1.807, 2.05) is 40.6 Å². The summed E-state index contributed by atoms with van der Waals surface area (Å²) >= 11 is -0.447. The van der Waals surface area contributed by atoms with Crippen LogP contribution in [-0.4, -0.2) is 54.8 Å². The van der Waals surface area contributed by atoms with E-state index >= 15 is 0 Å². The van der Waals surface area contributed by atoms with Crippen LogP contribution in [0.4, 0.5) is 19.0 Å². The molecule has 1 unspecified atom stereocenters. The standard InChI is InChI=1S/C26H24F3N5O2S2/c27-26(28,29)25-31-23(20-8-6-18(7-9-20)17-38(35)36)22(19-4-2-1-3-5-19)24(32-25)34-13-11-33(12-14-34)16-21-30-10-15-37-21/h1-10,15H,11-14,16-17H2,(H,35,36). The molecule has 0 spiro atoms. The number of alkyl halides is 3. The predicted molar refractivity (Wildman–Crippen MR) is 142 cm³/mol. The van der Waals surface area contributed by atoms with E-state index in [1.165, 1.54) is 0 Å². The second kappa shape index (κ2) is 11.3. The van der Waals surface area contributed by atoms with Crippen molar-refractivity contribution in [1.82, 2.24) is 19.9 Å². The van der Waals surface area contributed by atoms with Crippen LogP contribution in [-0.2, 0) is 29.6 Å². The van der Waals surface area contributed by atoms with E-state index in [2.05, 4.69) is 19.9 Å². The molecule has 2 aromatic heterocycles. The molecule has 2 aromatic carbocycles. The highest BCUT2D eigenvalue weighted by atomic mass is 32.2. The van der Waals surface area contributed by atoms with Crippen LogP contribution in [0.5, 0.6) is 0 Å². The summed E-state index contributed by atoms with van der Waals surface area (Å²) in [6.07, 6.45) is -2.97. The van der Waals surface area contributed by atoms with Gasteiger partial charge in [0.1, 0.15) is 10.8 Å². The van der Waals surface area contributed by atoms with E-state index < -0.39 is 23.1 Å². The number of aromatic nitrogens is 3. The van der Waals surface area contributed by atoms with Gasteiger partial charge >= 0.3 is 6.18 Å². The van der Waals surface area contributed by atoms with Gasteiger partial charge in [0, 0.05) is 43.3 Å². The van der Waals surface area contributed by atoms with Crippen molar-refractivity contribution in [1.29, 1.82) is 0 Å². The Labute approximate surface area is 224 Å². The van der Waals surface area contributed by atoms with Crippen LogP contribution < -0.4 is 4.90 Å². The smallest absolute Gasteiger partial charge is 0.353 e. The number of rotatable bonds is 7. The zero-order valence-electron chi connectivity index (χ0n) is 20.1. The lowest BCUT2D eigenvalue weighted by molar-refractivity contribution is -0.144. The summed E-state index contributed by atoms with van der Waals surface area (Å²) in [5.41, 5.74) is 2.45. The number of benzene rings is 2. The lowest BCUT2D eigenvalue weighted by Gasteiger charge is -2.36. The molecule has 1 N–H and O–H groups in total. The molecule has 3 heterocycles. The Morgan fingerprint density at radius 1 is 0.947 bits per heavy atom. The maximum Gasteiger partial charge on any atom is 0.451 e. The van der Waals surface area contributed by atoms with Crippen molar-refractivity contribution in [3.05, 3.63) is 82.6 Å². The Morgan fingerprint density at radius 3 is 2.26 bits per heavy atom. The minimum absolute atomic E-state index is 0.0695. The summed E-state index contributed by atoms with van der Waals surface area (Å²) in [5, 5.41) is 2.93. The highest BCUT2D eigenvalue weighted by Crippen LogP contribution is 2.40. The zero-order chi connectivity index (χ0) is 26.7. The van der Waals surface area contributed by atoms with E-state index in [0.29, 0.717) is 55.0 Å². The monoisotopic (exact) mass is 559 g/mol. The summed E-state index contributed by atoms with van der Waals surface area (Å²) < 4.78 is 62.5. The second-order valence-electron chi connectivity index (χ2n) is 8.81. The van der Waals surface area contributed by atoms with Crippen LogP contribution in [0, 0.1) is 0 Å². The summed E-state index contributed by atoms with van der Waals surface area (Å²) in [4.78, 5) is 16.5. The minimum atomic E-state index is -4.74. The number of thiazole rings is 1. The predicted octanol–water partition coefficient (Wildman–Crippen LogP) is 5.33. The van der Waals surface area contributed by atoms with Crippen LogP contribution in [0.1, 0.15) is 16.4 Å². The van der Waals surface area contributed by atoms with Crippen molar-refractivity contribution in [2.75, 3.05) is 31.1 Å². The van der Waals surface area contributed by atoms with Gasteiger partial charge in [0.15, 0.2) is 11.1 Å². The summed E-state index contributed by atoms with van der Waals surface area (Å²) in [6, 6.07) is 15.7. The third-order valence-electron chi connectivity index (χ3n) is 6.24. The zero-order valence-corrected chi connectivity index (χ0v) is 21.8. The minimum Gasteiger partial charge on any atom is -0.353 e. The average Bonchev–Trinajstić information content (AvgIpc) is 3.42. The molecule has 1 fully saturated rings. The first-order chi connectivity index (χ1) is 18.3. The third kappa shape index (κ3) is 6.09. The van der Waals surface area contributed by atoms with Gasteiger partial charge in [0.05, 0.1) is 23.6 Å². The number of halogens is 3. The normalized spacial score (nSPS) is 15.5. The van der Waals surface area contributed by atoms with Crippen LogP contribution in [0.2, 0.25) is 0 Å². The van der Waals surface area contributed by atoms with Crippen molar-refractivity contribution >= 4 is 28.2 Å². The highest BCUT2D eigenvalue weighted by molar-refractivity contribution is 7.78. The Hall–Kier alpha value is -3.19. The average molecular weight is 560 g/mol. The van der Waals surface area contributed by atoms with E-state index in [0.717, 1.165) is 5.01 Å². The number of nitrogens with zero attached hydrogens (tertiary/aromatic N) is 5. The maximum absolute atomic E-state index is 14.0. The quantitative estimate of drug-likeness (QED) is 0.307. The van der Waals surface area contributed by atoms with E-state index in [1.54, 1.807) is 41.8 Å². The van der Waals surface area contributed by atoms with Crippen LogP contribution in [0.15, 0.2) is 66.2 Å². The first-order valence-corrected chi connectivity index (χ1v) is 14.0. The molecule has 0 bridgehead atoms. The van der Waals surface area contributed by atoms with Crippen molar-refractivity contribution < 1.29 is 21.9 Å². The van der Waals surface area contributed by atoms with Gasteiger partial charge in [-0.05, 0) is 11.1 Å². The van der Waals surface area contributed by atoms with Gasteiger partial charge in [-0.1, -0.05) is 54.6 Å². The topological polar surface area (TPSA) is 82.4 Å². The molecule has 1 saturated heterocycles. The molecule has 1 aliphatic rings. The molecule has 12 heteroatoms. The van der Waals surface area contributed by atoms with Crippen LogP contribution >= 0.6 is 11.3 Å². The van der Waals surface area contributed by atoms with Gasteiger partial charge in [0.25, 0.3) is 0 Å². The number of anilines is 1. The number of piperazine rings is 1. The van der Waals surface area contributed by atoms with E-state index in [-0.39, 0.29) is 17.3 Å². The van der Waals surface area contributed by atoms with Crippen molar-refractivity contribution in [2.24, 2.45) is 0 Å². The SMILES string of the molecule is O=S(O)Cc1ccc(-c2nc(C(F)(F)F)nc(N3CCN(Cc4nccs4)CC3)c2-c2ccccc2)cc1. The van der Waals surface area contributed by atoms with Crippen molar-refractivity contribution in [2.45, 2.75) is 18.5 Å². The van der Waals surface area contributed by atoms with Crippen LogP contribution in [0.3, 0.4) is 0 Å². The number of hydrogen-bond acceptors (Lipinski definition) is 7. The Kier molecular flexibility index (Phi) is 7.84. The molecule has 1 atom stereocenters. The molecular formula is C26H24F3N5O2S2. The molecule has 5 rings (SSSR count). The van der Waals surface area contributed by atoms with Crippen molar-refractivity contribution in [3.8, 4) is 22.4 Å². The molecule has 0 saturated carbocycles. The van der Waals surface area contributed by atoms with Gasteiger partial charge in [-0.2, -0.15) is 13.2 Å². The van der Waals surface area contributed by atoms with Gasteiger partial charge in [0.2, 0.25) is 5.82 Å². The molecule has 1 aliphatic heterocycles. The van der Waals surface area contributed by atoms with Crippen LogP contribution in [0.25, 0.3) is 22.4 Å². The largest absolute Gasteiger partial charge is 0.451 e. The number of hydrogen-bond donors (Lipinski definition) is 1. The fourth-order valence-electron chi connectivity index (χ4n) is 4.43. The van der Waals surface area contributed by atoms with E-state index in [9.17, 15) is 21.9 Å². The molecule has 7 nitrogen and oxygen atoms in total. The Bertz CT molecular complexity index is 1390. The molecule has 198 valence electrons. The first-order valence-electron chi connectivity index (χ1n) is 11.8. The fraction of sp³-hybridized carbons (Fsp3) is 0.269. The van der Waals surface area contributed by atoms with Crippen molar-refractivity contribution in [3.63, 3.8) is 0 Å². The summed E-state index contributed by atoms with van der Waals surface area (Å²) in [6.45, 7) is 3.01. The maximum atomic E-state index is 14.0. The highest BCUT2D eigenvalue weighted by Gasteiger charge is 2.38. The third-order valence-corrected chi connectivity index (χ3v) is 7.58. The molecule has 0 amide bonds. The lowest BCUT2D eigenvalue weighted by Crippen LogP contribution is -2.46. The second-order valence-corrected chi connectivity index (χ2v) is 10.7. The molecule has 0 radical (unpaired) electrons. The van der Waals surface area contributed by atoms with Gasteiger partial charge in [-0.15, -0.1) is 11.3 Å². The molecule has 38 heavy (non-hydrogen) atoms. The van der Waals surface area contributed by atoms with E-state index in [4.69, 9.17) is 0 Å². The lowest BCUT2D eigenvalue weighted by atomic mass is 9.98. The molecule has 0 aliphatic carbocycles. The molecular weight excluding hydrogens is 535 g/mol. The Morgan fingerprint density at radius 2 is 1.66 bits per heavy atom. The summed E-state index contributed by atoms with van der Waals surface area (Å²) in [7, 11) is 0. The van der Waals surface area contributed by atoms with Gasteiger partial charge in [-0.3, -0.25) is 4.90 Å². The fourth-order valence-corrected chi connectivity index (χ4v) is 5.56. The molecule has 4 aromatic rings. The van der Waals surface area contributed by atoms with Gasteiger partial charge < -0.3 is 9.45 Å². The first kappa shape index (κ1) is 26.4.